The SMILES string of the molecule is CCCCCCCCCCCC(=O)OCCN1C(=O)NC2(CC(C)(C)N(CC(COc3ccc(C(C)(C)c4ccc(OCC(CN5C(C)(C)CC6(CC5(C)C)NC(=O)N(CCOC(=O)CCCCCCCCCCC)C6=O)OC(=O)CCCCCCCCCCC)cc4)cc3)OC(=O)CCCCCCCCCCC)C(C)(C)C2)C1=O. The van der Waals surface area contributed by atoms with Gasteiger partial charge < -0.3 is 39.1 Å². The molecule has 4 saturated heterocycles. The van der Waals surface area contributed by atoms with Crippen molar-refractivity contribution in [2.45, 2.75) is 430 Å². The molecule has 4 heterocycles. The van der Waals surface area contributed by atoms with Gasteiger partial charge in [0.25, 0.3) is 11.8 Å². The summed E-state index contributed by atoms with van der Waals surface area (Å²) < 4.78 is 37.1. The van der Waals surface area contributed by atoms with E-state index in [2.05, 4.69) is 142 Å². The Morgan fingerprint density at radius 1 is 0.365 bits per heavy atom. The monoisotopic (exact) mass is 1610 g/mol. The number of hydrogen-bond donors (Lipinski definition) is 2. The molecule has 6 rings (SSSR count). The Kier molecular flexibility index (Phi) is 41.8. The molecule has 2 atom stereocenters. The zero-order valence-electron chi connectivity index (χ0n) is 74.5. The predicted molar refractivity (Wildman–Crippen MR) is 459 cm³/mol. The molecule has 2 N–H and O–H groups in total. The van der Waals surface area contributed by atoms with Crippen molar-refractivity contribution >= 4 is 47.8 Å². The third kappa shape index (κ3) is 32.1. The normalized spacial score (nSPS) is 18.0. The van der Waals surface area contributed by atoms with E-state index in [0.717, 1.165) is 101 Å². The van der Waals surface area contributed by atoms with Crippen LogP contribution in [0.4, 0.5) is 9.59 Å². The van der Waals surface area contributed by atoms with Gasteiger partial charge in [0.15, 0.2) is 0 Å². The van der Waals surface area contributed by atoms with Crippen molar-refractivity contribution in [3.63, 3.8) is 0 Å². The number of ether oxygens (including phenoxy) is 6. The van der Waals surface area contributed by atoms with Crippen LogP contribution in [-0.4, -0.2) is 165 Å². The lowest BCUT2D eigenvalue weighted by Gasteiger charge is -2.58. The summed E-state index contributed by atoms with van der Waals surface area (Å²) >= 11 is 0. The summed E-state index contributed by atoms with van der Waals surface area (Å²) in [5.74, 6) is -0.595. The number of carbonyl (C=O) groups is 8. The number of amides is 6. The number of esters is 4. The van der Waals surface area contributed by atoms with Gasteiger partial charge in [0.2, 0.25) is 0 Å². The number of likely N-dealkylation sites (tertiary alicyclic amines) is 2. The number of urea groups is 2. The summed E-state index contributed by atoms with van der Waals surface area (Å²) in [6.07, 6.45) is 42.0. The highest BCUT2D eigenvalue weighted by molar-refractivity contribution is 6.08. The Morgan fingerprint density at radius 2 is 0.609 bits per heavy atom. The third-order valence-corrected chi connectivity index (χ3v) is 24.8. The second-order valence-electron chi connectivity index (χ2n) is 37.4. The van der Waals surface area contributed by atoms with Crippen LogP contribution in [0.1, 0.15) is 391 Å². The minimum Gasteiger partial charge on any atom is -0.490 e. The van der Waals surface area contributed by atoms with Crippen LogP contribution in [-0.2, 0) is 53.1 Å². The second-order valence-corrected chi connectivity index (χ2v) is 37.4. The van der Waals surface area contributed by atoms with E-state index in [9.17, 15) is 38.4 Å². The topological polar surface area (TPSA) is 229 Å². The van der Waals surface area contributed by atoms with Gasteiger partial charge in [0.1, 0.15) is 61.2 Å². The molecule has 6 amide bonds. The lowest BCUT2D eigenvalue weighted by molar-refractivity contribution is -0.159. The van der Waals surface area contributed by atoms with Crippen LogP contribution >= 0.6 is 0 Å². The van der Waals surface area contributed by atoms with Crippen molar-refractivity contribution in [3.8, 4) is 11.5 Å². The molecule has 652 valence electrons. The molecule has 4 aliphatic heterocycles. The van der Waals surface area contributed by atoms with Gasteiger partial charge in [-0.25, -0.2) is 9.59 Å². The Balaban J connectivity index is 1.08. The number of benzene rings is 2. The van der Waals surface area contributed by atoms with Crippen LogP contribution in [0.15, 0.2) is 48.5 Å². The van der Waals surface area contributed by atoms with E-state index in [0.29, 0.717) is 76.0 Å². The lowest BCUT2D eigenvalue weighted by atomic mass is 9.68. The minimum atomic E-state index is -1.18. The van der Waals surface area contributed by atoms with Crippen LogP contribution in [0.5, 0.6) is 11.5 Å². The second kappa shape index (κ2) is 49.3. The predicted octanol–water partition coefficient (Wildman–Crippen LogP) is 21.3. The van der Waals surface area contributed by atoms with E-state index in [1.54, 1.807) is 0 Å². The first-order valence-corrected chi connectivity index (χ1v) is 45.9. The lowest BCUT2D eigenvalue weighted by Crippen LogP contribution is -2.70. The van der Waals surface area contributed by atoms with Gasteiger partial charge in [-0.15, -0.1) is 0 Å². The molecule has 4 fully saturated rings. The van der Waals surface area contributed by atoms with E-state index in [1.165, 1.54) is 151 Å². The maximum Gasteiger partial charge on any atom is 0.325 e. The van der Waals surface area contributed by atoms with Crippen molar-refractivity contribution < 1.29 is 66.8 Å². The summed E-state index contributed by atoms with van der Waals surface area (Å²) in [4.78, 5) is 117. The number of unbranched alkanes of at least 4 members (excludes halogenated alkanes) is 32. The van der Waals surface area contributed by atoms with E-state index in [4.69, 9.17) is 28.4 Å². The zero-order valence-corrected chi connectivity index (χ0v) is 74.5. The van der Waals surface area contributed by atoms with Gasteiger partial charge in [0, 0.05) is 66.3 Å². The van der Waals surface area contributed by atoms with Gasteiger partial charge in [-0.1, -0.05) is 271 Å². The summed E-state index contributed by atoms with van der Waals surface area (Å²) in [6, 6.07) is 15.1. The fourth-order valence-corrected chi connectivity index (χ4v) is 18.9. The van der Waals surface area contributed by atoms with E-state index in [1.807, 2.05) is 24.3 Å². The fourth-order valence-electron chi connectivity index (χ4n) is 18.9. The van der Waals surface area contributed by atoms with Crippen LogP contribution in [0, 0.1) is 0 Å². The maximum atomic E-state index is 14.5. The molecule has 115 heavy (non-hydrogen) atoms. The molecule has 0 bridgehead atoms. The van der Waals surface area contributed by atoms with E-state index >= 15 is 0 Å². The Labute approximate surface area is 695 Å². The van der Waals surface area contributed by atoms with Crippen molar-refractivity contribution in [1.29, 1.82) is 0 Å². The molecule has 2 aromatic carbocycles. The quantitative estimate of drug-likeness (QED) is 0.0271. The average Bonchev–Trinajstić information content (AvgIpc) is 1.61. The smallest absolute Gasteiger partial charge is 0.325 e. The largest absolute Gasteiger partial charge is 0.490 e. The molecule has 0 aliphatic carbocycles. The number of nitrogens with one attached hydrogen (secondary N) is 2. The summed E-state index contributed by atoms with van der Waals surface area (Å²) in [5.41, 5.74) is -3.41. The van der Waals surface area contributed by atoms with Crippen molar-refractivity contribution in [2.75, 3.05) is 52.6 Å². The Morgan fingerprint density at radius 3 is 0.870 bits per heavy atom. The molecule has 2 unspecified atom stereocenters. The van der Waals surface area contributed by atoms with E-state index < -0.39 is 62.9 Å². The highest BCUT2D eigenvalue weighted by Crippen LogP contribution is 2.48. The third-order valence-electron chi connectivity index (χ3n) is 24.8. The van der Waals surface area contributed by atoms with Crippen LogP contribution in [0.2, 0.25) is 0 Å². The fraction of sp³-hybridized carbons (Fsp3) is 0.789. The van der Waals surface area contributed by atoms with Gasteiger partial charge in [-0.2, -0.15) is 0 Å². The molecule has 20 heteroatoms. The van der Waals surface area contributed by atoms with Gasteiger partial charge >= 0.3 is 35.9 Å². The first-order chi connectivity index (χ1) is 54.9. The Hall–Kier alpha value is -6.28. The van der Waals surface area contributed by atoms with Gasteiger partial charge in [-0.3, -0.25) is 48.4 Å². The highest BCUT2D eigenvalue weighted by Gasteiger charge is 2.63. The van der Waals surface area contributed by atoms with Crippen molar-refractivity contribution in [1.82, 2.24) is 30.2 Å². The molecule has 4 aliphatic rings. The molecule has 0 aromatic heterocycles. The van der Waals surface area contributed by atoms with Crippen LogP contribution in [0.25, 0.3) is 0 Å². The molecule has 2 spiro atoms. The number of nitrogens with zero attached hydrogens (tertiary/aromatic N) is 4. The van der Waals surface area contributed by atoms with Gasteiger partial charge in [-0.05, 0) is 142 Å². The molecule has 2 aromatic rings. The number of piperidine rings is 2. The summed E-state index contributed by atoms with van der Waals surface area (Å²) in [7, 11) is 0. The van der Waals surface area contributed by atoms with Crippen LogP contribution in [0.3, 0.4) is 0 Å². The number of carbonyl (C=O) groups excluding carboxylic acids is 8. The highest BCUT2D eigenvalue weighted by atomic mass is 16.6. The molecular weight excluding hydrogens is 1450 g/mol. The molecule has 20 nitrogen and oxygen atoms in total. The van der Waals surface area contributed by atoms with Gasteiger partial charge in [0.05, 0.1) is 13.1 Å². The molecular formula is C95H158N6O14. The molecule has 0 saturated carbocycles. The number of rotatable bonds is 60. The van der Waals surface area contributed by atoms with E-state index in [-0.39, 0.29) is 75.2 Å². The maximum absolute atomic E-state index is 14.5. The molecule has 0 radical (unpaired) electrons. The van der Waals surface area contributed by atoms with Crippen molar-refractivity contribution in [3.05, 3.63) is 59.7 Å². The average molecular weight is 1610 g/mol. The standard InChI is InChI=1S/C95H158N6O14/c1-15-19-23-27-31-35-39-43-47-51-81(102)110-65-63-98-85(106)94(96-87(98)108)71-89(5,6)100(90(7,8)72-94)67-79(114-83(104)53-49-45-41-37-33-29-25-21-17-3)69-112-77-59-55-75(56-60-77)93(13,14)76-57-61-78(62-58-76)113-70-80(115-84(105)54-50-46-42-38-34-30-26-22-18-4)68-101-91(9,10)73-95(74-92(101,11)12)86(107)99(88(109)97-95)64-66-111-82(103)52-48-44-40-36-32-28-24-20-16-2/h55-62,79-80H,15-54,63-74H2,1-14H3,(H,96,108)(H,97,109). The first-order valence-electron chi connectivity index (χ1n) is 45.9. The zero-order chi connectivity index (χ0) is 84.0. The summed E-state index contributed by atoms with van der Waals surface area (Å²) in [6.45, 7) is 30.4. The minimum absolute atomic E-state index is 0.0254. The Bertz CT molecular complexity index is 2990. The number of imide groups is 2. The van der Waals surface area contributed by atoms with Crippen LogP contribution < -0.4 is 20.1 Å². The first kappa shape index (κ1) is 97.6. The number of hydrogen-bond acceptors (Lipinski definition) is 16. The van der Waals surface area contributed by atoms with Crippen molar-refractivity contribution in [2.24, 2.45) is 0 Å². The summed E-state index contributed by atoms with van der Waals surface area (Å²) in [5, 5.41) is 6.20.